The lowest BCUT2D eigenvalue weighted by Gasteiger charge is -2.25. The first-order valence-electron chi connectivity index (χ1n) is 11.3. The van der Waals surface area contributed by atoms with E-state index in [1.54, 1.807) is 0 Å². The number of carbonyl (C=O) groups excluding carboxylic acids is 1. The van der Waals surface area contributed by atoms with Crippen molar-refractivity contribution in [2.24, 2.45) is 10.9 Å². The van der Waals surface area contributed by atoms with Gasteiger partial charge in [0.25, 0.3) is 0 Å². The van der Waals surface area contributed by atoms with Gasteiger partial charge in [0.15, 0.2) is 5.96 Å². The van der Waals surface area contributed by atoms with Gasteiger partial charge in [0.2, 0.25) is 5.91 Å². The highest BCUT2D eigenvalue weighted by Crippen LogP contribution is 2.28. The fraction of sp³-hybridized carbons (Fsp3) is 0.727. The van der Waals surface area contributed by atoms with Crippen LogP contribution in [0.1, 0.15) is 62.8 Å². The molecule has 1 aliphatic carbocycles. The van der Waals surface area contributed by atoms with Crippen molar-refractivity contribution in [3.8, 4) is 0 Å². The lowest BCUT2D eigenvalue weighted by Crippen LogP contribution is -2.43. The zero-order valence-electron chi connectivity index (χ0n) is 17.8. The zero-order chi connectivity index (χ0) is 20.3. The van der Waals surface area contributed by atoms with Gasteiger partial charge >= 0.3 is 0 Å². The number of amides is 1. The molecule has 1 aromatic heterocycles. The summed E-state index contributed by atoms with van der Waals surface area (Å²) in [7, 11) is 0. The van der Waals surface area contributed by atoms with Gasteiger partial charge in [0, 0.05) is 30.4 Å². The predicted octanol–water partition coefficient (Wildman–Crippen LogP) is 3.14. The van der Waals surface area contributed by atoms with Gasteiger partial charge in [-0.3, -0.25) is 14.7 Å². The fourth-order valence-electron chi connectivity index (χ4n) is 4.31. The number of likely N-dealkylation sites (tertiary alicyclic amines) is 1. The van der Waals surface area contributed by atoms with Crippen LogP contribution in [-0.2, 0) is 4.79 Å². The largest absolute Gasteiger partial charge is 0.357 e. The molecule has 1 aliphatic heterocycles. The predicted molar refractivity (Wildman–Crippen MR) is 121 cm³/mol. The van der Waals surface area contributed by atoms with E-state index in [1.807, 2.05) is 11.3 Å². The number of nitrogens with zero attached hydrogens (tertiary/aromatic N) is 2. The fourth-order valence-corrected chi connectivity index (χ4v) is 5.17. The topological polar surface area (TPSA) is 68.8 Å². The second-order valence-corrected chi connectivity index (χ2v) is 9.03. The highest BCUT2D eigenvalue weighted by Gasteiger charge is 2.24. The van der Waals surface area contributed by atoms with E-state index in [2.05, 4.69) is 45.3 Å². The standard InChI is InChI=1S/C22H37N5OS/c1-2-23-22(25-13-12-24-21(28)18-9-4-3-5-10-18)26-17-19(20-11-8-16-29-20)27-14-6-7-15-27/h8,11,16,18-19H,2-7,9-10,12-15,17H2,1H3,(H,24,28)(H2,23,25,26). The Morgan fingerprint density at radius 1 is 1.14 bits per heavy atom. The van der Waals surface area contributed by atoms with Gasteiger partial charge in [-0.05, 0) is 57.1 Å². The number of hydrogen-bond acceptors (Lipinski definition) is 4. The Labute approximate surface area is 179 Å². The van der Waals surface area contributed by atoms with Gasteiger partial charge in [0.05, 0.1) is 12.6 Å². The van der Waals surface area contributed by atoms with Crippen LogP contribution in [0.2, 0.25) is 0 Å². The molecule has 2 fully saturated rings. The van der Waals surface area contributed by atoms with Gasteiger partial charge in [-0.1, -0.05) is 25.3 Å². The summed E-state index contributed by atoms with van der Waals surface area (Å²) in [5.41, 5.74) is 0. The maximum absolute atomic E-state index is 12.3. The third kappa shape index (κ3) is 7.00. The summed E-state index contributed by atoms with van der Waals surface area (Å²) in [6, 6.07) is 4.72. The minimum absolute atomic E-state index is 0.220. The van der Waals surface area contributed by atoms with E-state index >= 15 is 0 Å². The van der Waals surface area contributed by atoms with Crippen molar-refractivity contribution in [1.29, 1.82) is 0 Å². The summed E-state index contributed by atoms with van der Waals surface area (Å²) in [5, 5.41) is 12.0. The normalized spacial score (nSPS) is 19.8. The molecule has 3 rings (SSSR count). The number of carbonyl (C=O) groups is 1. The van der Waals surface area contributed by atoms with E-state index < -0.39 is 0 Å². The molecule has 2 aliphatic rings. The molecule has 162 valence electrons. The molecule has 0 aromatic carbocycles. The Morgan fingerprint density at radius 3 is 2.59 bits per heavy atom. The van der Waals surface area contributed by atoms with Crippen LogP contribution in [0.15, 0.2) is 22.5 Å². The number of guanidine groups is 1. The third-order valence-electron chi connectivity index (χ3n) is 5.91. The van der Waals surface area contributed by atoms with Crippen LogP contribution in [0.5, 0.6) is 0 Å². The number of hydrogen-bond donors (Lipinski definition) is 3. The van der Waals surface area contributed by atoms with E-state index in [0.717, 1.165) is 45.0 Å². The lowest BCUT2D eigenvalue weighted by molar-refractivity contribution is -0.125. The number of nitrogens with one attached hydrogen (secondary N) is 3. The van der Waals surface area contributed by atoms with Crippen LogP contribution >= 0.6 is 11.3 Å². The van der Waals surface area contributed by atoms with E-state index in [1.165, 1.54) is 37.0 Å². The van der Waals surface area contributed by atoms with Crippen molar-refractivity contribution in [2.45, 2.75) is 57.9 Å². The summed E-state index contributed by atoms with van der Waals surface area (Å²) in [5.74, 6) is 1.28. The Hall–Kier alpha value is -1.60. The number of aliphatic imine (C=N–C) groups is 1. The summed E-state index contributed by atoms with van der Waals surface area (Å²) in [6.45, 7) is 7.32. The molecular formula is C22H37N5OS. The maximum atomic E-state index is 12.3. The Bertz CT molecular complexity index is 621. The first-order valence-corrected chi connectivity index (χ1v) is 12.2. The molecule has 29 heavy (non-hydrogen) atoms. The molecule has 0 bridgehead atoms. The van der Waals surface area contributed by atoms with Gasteiger partial charge < -0.3 is 16.0 Å². The van der Waals surface area contributed by atoms with Crippen LogP contribution in [0.4, 0.5) is 0 Å². The molecule has 3 N–H and O–H groups in total. The molecule has 0 spiro atoms. The van der Waals surface area contributed by atoms with Crippen LogP contribution in [0, 0.1) is 5.92 Å². The quantitative estimate of drug-likeness (QED) is 0.327. The minimum atomic E-state index is 0.220. The molecule has 7 heteroatoms. The van der Waals surface area contributed by atoms with Gasteiger partial charge in [0.1, 0.15) is 0 Å². The van der Waals surface area contributed by atoms with Crippen LogP contribution in [-0.4, -0.2) is 56.0 Å². The van der Waals surface area contributed by atoms with Crippen molar-refractivity contribution < 1.29 is 4.79 Å². The summed E-state index contributed by atoms with van der Waals surface area (Å²) >= 11 is 1.82. The van der Waals surface area contributed by atoms with Crippen molar-refractivity contribution >= 4 is 23.2 Å². The SMILES string of the molecule is CCNC(=NCC(c1cccs1)N1CCCC1)NCCNC(=O)C1CCCCC1. The summed E-state index contributed by atoms with van der Waals surface area (Å²) < 4.78 is 0. The maximum Gasteiger partial charge on any atom is 0.223 e. The molecule has 1 amide bonds. The molecule has 1 unspecified atom stereocenters. The Balaban J connectivity index is 1.47. The van der Waals surface area contributed by atoms with Crippen LogP contribution in [0.25, 0.3) is 0 Å². The Morgan fingerprint density at radius 2 is 1.90 bits per heavy atom. The molecule has 1 aromatic rings. The molecule has 2 heterocycles. The van der Waals surface area contributed by atoms with E-state index in [0.29, 0.717) is 19.1 Å². The highest BCUT2D eigenvalue weighted by molar-refractivity contribution is 7.10. The van der Waals surface area contributed by atoms with Gasteiger partial charge in [-0.25, -0.2) is 0 Å². The number of rotatable bonds is 9. The lowest BCUT2D eigenvalue weighted by atomic mass is 9.89. The average molecular weight is 420 g/mol. The first-order chi connectivity index (χ1) is 14.3. The van der Waals surface area contributed by atoms with Crippen molar-refractivity contribution in [1.82, 2.24) is 20.9 Å². The average Bonchev–Trinajstić information content (AvgIpc) is 3.46. The molecule has 1 atom stereocenters. The first kappa shape index (κ1) is 22.1. The van der Waals surface area contributed by atoms with Gasteiger partial charge in [-0.2, -0.15) is 0 Å². The third-order valence-corrected chi connectivity index (χ3v) is 6.89. The van der Waals surface area contributed by atoms with E-state index in [4.69, 9.17) is 4.99 Å². The molecule has 1 saturated carbocycles. The summed E-state index contributed by atoms with van der Waals surface area (Å²) in [4.78, 5) is 21.1. The van der Waals surface area contributed by atoms with E-state index in [-0.39, 0.29) is 11.8 Å². The molecular weight excluding hydrogens is 382 g/mol. The van der Waals surface area contributed by atoms with Crippen molar-refractivity contribution in [3.63, 3.8) is 0 Å². The number of thiophene rings is 1. The highest BCUT2D eigenvalue weighted by atomic mass is 32.1. The molecule has 0 radical (unpaired) electrons. The minimum Gasteiger partial charge on any atom is -0.357 e. The second-order valence-electron chi connectivity index (χ2n) is 8.05. The Kier molecular flexibility index (Phi) is 9.28. The smallest absolute Gasteiger partial charge is 0.223 e. The molecule has 1 saturated heterocycles. The van der Waals surface area contributed by atoms with E-state index in [9.17, 15) is 4.79 Å². The second kappa shape index (κ2) is 12.2. The van der Waals surface area contributed by atoms with Crippen molar-refractivity contribution in [2.75, 3.05) is 39.3 Å². The van der Waals surface area contributed by atoms with Crippen LogP contribution < -0.4 is 16.0 Å². The monoisotopic (exact) mass is 419 g/mol. The zero-order valence-corrected chi connectivity index (χ0v) is 18.6. The van der Waals surface area contributed by atoms with Crippen LogP contribution in [0.3, 0.4) is 0 Å². The summed E-state index contributed by atoms with van der Waals surface area (Å²) in [6.07, 6.45) is 8.31. The van der Waals surface area contributed by atoms with Crippen molar-refractivity contribution in [3.05, 3.63) is 22.4 Å². The molecule has 6 nitrogen and oxygen atoms in total. The van der Waals surface area contributed by atoms with Gasteiger partial charge in [-0.15, -0.1) is 11.3 Å².